The van der Waals surface area contributed by atoms with Gasteiger partial charge in [0.2, 0.25) is 0 Å². The summed E-state index contributed by atoms with van der Waals surface area (Å²) in [5, 5.41) is 11.0. The van der Waals surface area contributed by atoms with Crippen LogP contribution in [0.5, 0.6) is 5.75 Å². The average Bonchev–Trinajstić information content (AvgIpc) is 2.42. The van der Waals surface area contributed by atoms with Gasteiger partial charge in [0.1, 0.15) is 11.9 Å². The minimum atomic E-state index is -0.502. The van der Waals surface area contributed by atoms with Gasteiger partial charge in [0.15, 0.2) is 0 Å². The second kappa shape index (κ2) is 5.40. The van der Waals surface area contributed by atoms with Gasteiger partial charge >= 0.3 is 0 Å². The van der Waals surface area contributed by atoms with Crippen molar-refractivity contribution in [2.75, 3.05) is 0 Å². The predicted octanol–water partition coefficient (Wildman–Crippen LogP) is 4.97. The Morgan fingerprint density at radius 1 is 1.25 bits per heavy atom. The Balaban J connectivity index is 1.94. The van der Waals surface area contributed by atoms with Crippen LogP contribution in [0.2, 0.25) is 5.02 Å². The van der Waals surface area contributed by atoms with Crippen molar-refractivity contribution in [3.63, 3.8) is 0 Å². The van der Waals surface area contributed by atoms with Crippen LogP contribution in [-0.2, 0) is 0 Å². The van der Waals surface area contributed by atoms with E-state index in [1.54, 1.807) is 0 Å². The zero-order valence-corrected chi connectivity index (χ0v) is 13.3. The van der Waals surface area contributed by atoms with Crippen molar-refractivity contribution in [2.24, 2.45) is 0 Å². The van der Waals surface area contributed by atoms with Gasteiger partial charge in [-0.1, -0.05) is 29.3 Å². The van der Waals surface area contributed by atoms with Gasteiger partial charge in [0.05, 0.1) is 11.1 Å². The molecular formula is C16H14BrClO2. The number of hydrogen-bond acceptors (Lipinski definition) is 2. The van der Waals surface area contributed by atoms with E-state index in [1.165, 1.54) is 0 Å². The Labute approximate surface area is 131 Å². The molecule has 0 saturated heterocycles. The summed E-state index contributed by atoms with van der Waals surface area (Å²) in [4.78, 5) is 0. The number of rotatable bonds is 1. The molecule has 2 nitrogen and oxygen atoms in total. The van der Waals surface area contributed by atoms with Gasteiger partial charge in [-0.05, 0) is 52.7 Å². The normalized spacial score (nSPS) is 21.2. The number of benzene rings is 2. The van der Waals surface area contributed by atoms with E-state index < -0.39 is 6.10 Å². The molecule has 0 fully saturated rings. The zero-order valence-electron chi connectivity index (χ0n) is 10.9. The third-order valence-electron chi connectivity index (χ3n) is 3.55. The molecule has 1 aliphatic heterocycles. The second-order valence-corrected chi connectivity index (χ2v) is 6.33. The summed E-state index contributed by atoms with van der Waals surface area (Å²) < 4.78 is 6.85. The second-order valence-electron chi connectivity index (χ2n) is 5.07. The minimum Gasteiger partial charge on any atom is -0.485 e. The van der Waals surface area contributed by atoms with Crippen molar-refractivity contribution in [2.45, 2.75) is 25.6 Å². The zero-order chi connectivity index (χ0) is 14.3. The molecule has 4 heteroatoms. The highest BCUT2D eigenvalue weighted by molar-refractivity contribution is 9.10. The summed E-state index contributed by atoms with van der Waals surface area (Å²) >= 11 is 9.43. The van der Waals surface area contributed by atoms with Crippen LogP contribution < -0.4 is 4.74 Å². The minimum absolute atomic E-state index is 0.159. The summed E-state index contributed by atoms with van der Waals surface area (Å²) in [6, 6.07) is 11.6. The van der Waals surface area contributed by atoms with Crippen LogP contribution in [0.15, 0.2) is 40.9 Å². The van der Waals surface area contributed by atoms with E-state index in [-0.39, 0.29) is 6.10 Å². The van der Waals surface area contributed by atoms with Crippen molar-refractivity contribution < 1.29 is 9.84 Å². The van der Waals surface area contributed by atoms with Gasteiger partial charge < -0.3 is 9.84 Å². The SMILES string of the molecule is Cc1ccc2c(c1)C(O)CC(c1ccc(Cl)c(Br)c1)O2. The number of fused-ring (bicyclic) bond motifs is 1. The Kier molecular flexibility index (Phi) is 3.76. The molecule has 0 aromatic heterocycles. The molecule has 2 aromatic rings. The number of halogens is 2. The molecule has 0 saturated carbocycles. The maximum atomic E-state index is 10.3. The molecule has 2 atom stereocenters. The van der Waals surface area contributed by atoms with Gasteiger partial charge in [0.25, 0.3) is 0 Å². The molecule has 3 rings (SSSR count). The summed E-state index contributed by atoms with van der Waals surface area (Å²) in [5.74, 6) is 0.755. The van der Waals surface area contributed by atoms with E-state index in [4.69, 9.17) is 16.3 Å². The molecule has 2 aromatic carbocycles. The third-order valence-corrected chi connectivity index (χ3v) is 4.76. The Morgan fingerprint density at radius 3 is 2.80 bits per heavy atom. The van der Waals surface area contributed by atoms with Crippen LogP contribution in [0.4, 0.5) is 0 Å². The topological polar surface area (TPSA) is 29.5 Å². The third kappa shape index (κ3) is 2.58. The first-order chi connectivity index (χ1) is 9.54. The standard InChI is InChI=1S/C16H14BrClO2/c1-9-2-5-15-11(6-9)14(19)8-16(20-15)10-3-4-13(18)12(17)7-10/h2-7,14,16,19H,8H2,1H3. The highest BCUT2D eigenvalue weighted by atomic mass is 79.9. The highest BCUT2D eigenvalue weighted by Crippen LogP contribution is 2.41. The van der Waals surface area contributed by atoms with Crippen LogP contribution in [0.25, 0.3) is 0 Å². The molecule has 0 bridgehead atoms. The van der Waals surface area contributed by atoms with E-state index in [9.17, 15) is 5.11 Å². The fraction of sp³-hybridized carbons (Fsp3) is 0.250. The first kappa shape index (κ1) is 13.9. The van der Waals surface area contributed by atoms with Crippen LogP contribution in [0, 0.1) is 6.92 Å². The summed E-state index contributed by atoms with van der Waals surface area (Å²) in [6.45, 7) is 2.01. The highest BCUT2D eigenvalue weighted by Gasteiger charge is 2.28. The van der Waals surface area contributed by atoms with Crippen molar-refractivity contribution in [1.29, 1.82) is 0 Å². The molecule has 0 spiro atoms. The number of aliphatic hydroxyl groups is 1. The lowest BCUT2D eigenvalue weighted by atomic mass is 9.94. The molecule has 104 valence electrons. The van der Waals surface area contributed by atoms with Crippen LogP contribution in [0.3, 0.4) is 0 Å². The average molecular weight is 354 g/mol. The predicted molar refractivity (Wildman–Crippen MR) is 83.3 cm³/mol. The number of aryl methyl sites for hydroxylation is 1. The lowest BCUT2D eigenvalue weighted by molar-refractivity contribution is 0.0656. The fourth-order valence-corrected chi connectivity index (χ4v) is 3.00. The molecule has 2 unspecified atom stereocenters. The maximum absolute atomic E-state index is 10.3. The number of aliphatic hydroxyl groups excluding tert-OH is 1. The molecule has 0 amide bonds. The summed E-state index contributed by atoms with van der Waals surface area (Å²) in [7, 11) is 0. The van der Waals surface area contributed by atoms with Crippen molar-refractivity contribution in [1.82, 2.24) is 0 Å². The van der Waals surface area contributed by atoms with Gasteiger partial charge in [-0.15, -0.1) is 0 Å². The number of hydrogen-bond donors (Lipinski definition) is 1. The molecule has 1 aliphatic rings. The first-order valence-corrected chi connectivity index (χ1v) is 7.62. The summed E-state index contributed by atoms with van der Waals surface area (Å²) in [6.07, 6.45) is -0.114. The van der Waals surface area contributed by atoms with E-state index in [1.807, 2.05) is 43.3 Å². The largest absolute Gasteiger partial charge is 0.485 e. The van der Waals surface area contributed by atoms with Gasteiger partial charge in [0, 0.05) is 16.5 Å². The van der Waals surface area contributed by atoms with Gasteiger partial charge in [-0.3, -0.25) is 0 Å². The van der Waals surface area contributed by atoms with Crippen molar-refractivity contribution in [3.8, 4) is 5.75 Å². The van der Waals surface area contributed by atoms with Crippen LogP contribution >= 0.6 is 27.5 Å². The Morgan fingerprint density at radius 2 is 2.05 bits per heavy atom. The van der Waals surface area contributed by atoms with Gasteiger partial charge in [-0.2, -0.15) is 0 Å². The monoisotopic (exact) mass is 352 g/mol. The van der Waals surface area contributed by atoms with Crippen molar-refractivity contribution >= 4 is 27.5 Å². The number of ether oxygens (including phenoxy) is 1. The van der Waals surface area contributed by atoms with Crippen LogP contribution in [0.1, 0.15) is 35.3 Å². The fourth-order valence-electron chi connectivity index (χ4n) is 2.48. The molecule has 1 N–H and O–H groups in total. The maximum Gasteiger partial charge on any atom is 0.127 e. The molecule has 1 heterocycles. The van der Waals surface area contributed by atoms with Crippen LogP contribution in [-0.4, -0.2) is 5.11 Å². The Hall–Kier alpha value is -1.03. The van der Waals surface area contributed by atoms with Gasteiger partial charge in [-0.25, -0.2) is 0 Å². The molecular weight excluding hydrogens is 340 g/mol. The van der Waals surface area contributed by atoms with E-state index >= 15 is 0 Å². The van der Waals surface area contributed by atoms with E-state index in [0.29, 0.717) is 11.4 Å². The van der Waals surface area contributed by atoms with E-state index in [2.05, 4.69) is 15.9 Å². The molecule has 0 radical (unpaired) electrons. The van der Waals surface area contributed by atoms with E-state index in [0.717, 1.165) is 26.9 Å². The molecule has 20 heavy (non-hydrogen) atoms. The first-order valence-electron chi connectivity index (χ1n) is 6.45. The smallest absolute Gasteiger partial charge is 0.127 e. The summed E-state index contributed by atoms with van der Waals surface area (Å²) in [5.41, 5.74) is 3.00. The lowest BCUT2D eigenvalue weighted by Gasteiger charge is -2.30. The lowest BCUT2D eigenvalue weighted by Crippen LogP contribution is -2.19. The quantitative estimate of drug-likeness (QED) is 0.784. The molecule has 0 aliphatic carbocycles. The van der Waals surface area contributed by atoms with Crippen molar-refractivity contribution in [3.05, 3.63) is 62.6 Å². The Bertz CT molecular complexity index is 657.